The van der Waals surface area contributed by atoms with Crippen molar-refractivity contribution >= 4 is 17.6 Å². The van der Waals surface area contributed by atoms with E-state index in [1.54, 1.807) is 6.07 Å². The van der Waals surface area contributed by atoms with Crippen LogP contribution < -0.4 is 5.73 Å². The van der Waals surface area contributed by atoms with Gasteiger partial charge in [-0.25, -0.2) is 9.59 Å². The van der Waals surface area contributed by atoms with E-state index in [-0.39, 0.29) is 43.2 Å². The van der Waals surface area contributed by atoms with Crippen LogP contribution in [-0.2, 0) is 18.9 Å². The number of esters is 2. The molecule has 1 rings (SSSR count). The summed E-state index contributed by atoms with van der Waals surface area (Å²) in [6.07, 6.45) is 0. The van der Waals surface area contributed by atoms with Crippen LogP contribution in [0.4, 0.5) is 5.69 Å². The molecule has 0 aliphatic carbocycles. The number of carbonyl (C=O) groups is 2. The summed E-state index contributed by atoms with van der Waals surface area (Å²) >= 11 is 0. The van der Waals surface area contributed by atoms with Gasteiger partial charge in [0.1, 0.15) is 13.2 Å². The van der Waals surface area contributed by atoms with Crippen molar-refractivity contribution in [2.45, 2.75) is 0 Å². The van der Waals surface area contributed by atoms with Gasteiger partial charge in [0.25, 0.3) is 0 Å². The van der Waals surface area contributed by atoms with Crippen LogP contribution in [0.2, 0.25) is 0 Å². The van der Waals surface area contributed by atoms with Crippen LogP contribution in [0.5, 0.6) is 0 Å². The van der Waals surface area contributed by atoms with Crippen LogP contribution >= 0.6 is 0 Å². The fourth-order valence-corrected chi connectivity index (χ4v) is 1.55. The molecule has 1 aromatic rings. The molecule has 7 heteroatoms. The van der Waals surface area contributed by atoms with Crippen molar-refractivity contribution < 1.29 is 28.5 Å². The van der Waals surface area contributed by atoms with Crippen molar-refractivity contribution in [3.63, 3.8) is 0 Å². The van der Waals surface area contributed by atoms with Crippen LogP contribution in [0, 0.1) is 0 Å². The van der Waals surface area contributed by atoms with Gasteiger partial charge in [0.15, 0.2) is 0 Å². The summed E-state index contributed by atoms with van der Waals surface area (Å²) < 4.78 is 19.6. The van der Waals surface area contributed by atoms with E-state index < -0.39 is 11.9 Å². The summed E-state index contributed by atoms with van der Waals surface area (Å²) in [5, 5.41) is 0. The largest absolute Gasteiger partial charge is 0.460 e. The molecule has 0 radical (unpaired) electrons. The van der Waals surface area contributed by atoms with Gasteiger partial charge in [-0.05, 0) is 12.1 Å². The second kappa shape index (κ2) is 8.93. The molecule has 0 saturated heterocycles. The van der Waals surface area contributed by atoms with Gasteiger partial charge in [-0.1, -0.05) is 6.07 Å². The average Bonchev–Trinajstić information content (AvgIpc) is 2.47. The van der Waals surface area contributed by atoms with Crippen molar-refractivity contribution in [1.29, 1.82) is 0 Å². The van der Waals surface area contributed by atoms with Gasteiger partial charge < -0.3 is 24.7 Å². The Morgan fingerprint density at radius 1 is 0.952 bits per heavy atom. The minimum absolute atomic E-state index is 0.00369. The Balaban J connectivity index is 2.86. The number of nitrogens with two attached hydrogens (primary N) is 1. The molecule has 21 heavy (non-hydrogen) atoms. The summed E-state index contributed by atoms with van der Waals surface area (Å²) in [6.45, 7) is 0.678. The number of rotatable bonds is 8. The van der Waals surface area contributed by atoms with Crippen molar-refractivity contribution in [2.24, 2.45) is 0 Å². The van der Waals surface area contributed by atoms with Crippen LogP contribution in [0.3, 0.4) is 0 Å². The highest BCUT2D eigenvalue weighted by atomic mass is 16.6. The highest BCUT2D eigenvalue weighted by molar-refractivity contribution is 6.06. The molecule has 0 fully saturated rings. The molecular weight excluding hydrogens is 278 g/mol. The molecule has 0 aromatic heterocycles. The Morgan fingerprint density at radius 3 is 2.10 bits per heavy atom. The molecule has 0 atom stereocenters. The first-order valence-electron chi connectivity index (χ1n) is 6.32. The maximum atomic E-state index is 12.0. The van der Waals surface area contributed by atoms with E-state index in [9.17, 15) is 9.59 Å². The molecule has 0 heterocycles. The normalized spacial score (nSPS) is 10.2. The highest BCUT2D eigenvalue weighted by Crippen LogP contribution is 2.19. The second-order valence-electron chi connectivity index (χ2n) is 4.03. The second-order valence-corrected chi connectivity index (χ2v) is 4.03. The number of ether oxygens (including phenoxy) is 4. The van der Waals surface area contributed by atoms with E-state index in [2.05, 4.69) is 0 Å². The maximum Gasteiger partial charge on any atom is 0.341 e. The van der Waals surface area contributed by atoms with Crippen LogP contribution in [0.15, 0.2) is 18.2 Å². The van der Waals surface area contributed by atoms with Gasteiger partial charge in [0.2, 0.25) is 0 Å². The lowest BCUT2D eigenvalue weighted by Gasteiger charge is -2.11. The third-order valence-corrected chi connectivity index (χ3v) is 2.56. The molecule has 1 aromatic carbocycles. The maximum absolute atomic E-state index is 12.0. The molecule has 0 aliphatic rings. The molecule has 0 saturated carbocycles. The lowest BCUT2D eigenvalue weighted by atomic mass is 10.1. The minimum Gasteiger partial charge on any atom is -0.460 e. The van der Waals surface area contributed by atoms with Crippen molar-refractivity contribution in [1.82, 2.24) is 0 Å². The molecule has 116 valence electrons. The lowest BCUT2D eigenvalue weighted by Crippen LogP contribution is -2.18. The van der Waals surface area contributed by atoms with E-state index in [0.717, 1.165) is 0 Å². The molecule has 2 N–H and O–H groups in total. The Bertz CT molecular complexity index is 488. The van der Waals surface area contributed by atoms with Crippen molar-refractivity contribution in [2.75, 3.05) is 46.4 Å². The van der Waals surface area contributed by atoms with Crippen molar-refractivity contribution in [3.05, 3.63) is 29.3 Å². The number of benzene rings is 1. The summed E-state index contributed by atoms with van der Waals surface area (Å²) in [4.78, 5) is 24.0. The third kappa shape index (κ3) is 5.05. The number of anilines is 1. The monoisotopic (exact) mass is 297 g/mol. The fraction of sp³-hybridized carbons (Fsp3) is 0.429. The zero-order valence-corrected chi connectivity index (χ0v) is 12.1. The zero-order valence-electron chi connectivity index (χ0n) is 12.1. The Kier molecular flexibility index (Phi) is 7.20. The Hall–Kier alpha value is -2.12. The lowest BCUT2D eigenvalue weighted by molar-refractivity contribution is 0.0346. The SMILES string of the molecule is COCCOC(=O)c1cccc(N)c1C(=O)OCCOC. The topological polar surface area (TPSA) is 97.1 Å². The third-order valence-electron chi connectivity index (χ3n) is 2.56. The standard InChI is InChI=1S/C14H19NO6/c1-18-6-8-20-13(16)10-4-3-5-11(15)12(10)14(17)21-9-7-19-2/h3-5H,6-9,15H2,1-2H3. The molecule has 7 nitrogen and oxygen atoms in total. The van der Waals surface area contributed by atoms with E-state index in [1.807, 2.05) is 0 Å². The molecular formula is C14H19NO6. The van der Waals surface area contributed by atoms with Gasteiger partial charge in [0.05, 0.1) is 24.3 Å². The summed E-state index contributed by atoms with van der Waals surface area (Å²) in [5.74, 6) is -1.35. The van der Waals surface area contributed by atoms with E-state index in [0.29, 0.717) is 0 Å². The van der Waals surface area contributed by atoms with E-state index >= 15 is 0 Å². The van der Waals surface area contributed by atoms with Gasteiger partial charge in [-0.2, -0.15) is 0 Å². The smallest absolute Gasteiger partial charge is 0.341 e. The fourth-order valence-electron chi connectivity index (χ4n) is 1.55. The Morgan fingerprint density at radius 2 is 1.52 bits per heavy atom. The molecule has 0 unspecified atom stereocenters. The zero-order chi connectivity index (χ0) is 15.7. The van der Waals surface area contributed by atoms with Crippen LogP contribution in [-0.4, -0.2) is 52.6 Å². The number of methoxy groups -OCH3 is 2. The first-order valence-corrected chi connectivity index (χ1v) is 6.32. The first-order chi connectivity index (χ1) is 10.1. The first kappa shape index (κ1) is 16.9. The number of hydrogen-bond donors (Lipinski definition) is 1. The average molecular weight is 297 g/mol. The molecule has 0 bridgehead atoms. The van der Waals surface area contributed by atoms with E-state index in [1.165, 1.54) is 26.4 Å². The van der Waals surface area contributed by atoms with Gasteiger partial charge in [-0.15, -0.1) is 0 Å². The van der Waals surface area contributed by atoms with Crippen molar-refractivity contribution in [3.8, 4) is 0 Å². The summed E-state index contributed by atoms with van der Waals surface area (Å²) in [5.41, 5.74) is 5.97. The molecule has 0 spiro atoms. The number of carbonyl (C=O) groups excluding carboxylic acids is 2. The van der Waals surface area contributed by atoms with E-state index in [4.69, 9.17) is 24.7 Å². The Labute approximate surface area is 122 Å². The predicted octanol–water partition coefficient (Wildman–Crippen LogP) is 0.875. The summed E-state index contributed by atoms with van der Waals surface area (Å²) in [6, 6.07) is 4.53. The van der Waals surface area contributed by atoms with Gasteiger partial charge >= 0.3 is 11.9 Å². The van der Waals surface area contributed by atoms with Crippen LogP contribution in [0.25, 0.3) is 0 Å². The summed E-state index contributed by atoms with van der Waals surface area (Å²) in [7, 11) is 2.98. The molecule has 0 amide bonds. The quantitative estimate of drug-likeness (QED) is 0.432. The van der Waals surface area contributed by atoms with Gasteiger partial charge in [-0.3, -0.25) is 0 Å². The number of hydrogen-bond acceptors (Lipinski definition) is 7. The van der Waals surface area contributed by atoms with Gasteiger partial charge in [0, 0.05) is 19.9 Å². The highest BCUT2D eigenvalue weighted by Gasteiger charge is 2.22. The molecule has 0 aliphatic heterocycles. The predicted molar refractivity (Wildman–Crippen MR) is 75.2 cm³/mol. The van der Waals surface area contributed by atoms with Crippen LogP contribution in [0.1, 0.15) is 20.7 Å². The minimum atomic E-state index is -0.691. The number of nitrogen functional groups attached to an aromatic ring is 1.